The Morgan fingerprint density at radius 2 is 2.00 bits per heavy atom. The van der Waals surface area contributed by atoms with Gasteiger partial charge in [0.15, 0.2) is 0 Å². The van der Waals surface area contributed by atoms with Gasteiger partial charge in [-0.3, -0.25) is 4.84 Å². The van der Waals surface area contributed by atoms with E-state index in [-0.39, 0.29) is 13.2 Å². The topological polar surface area (TPSA) is 46.6 Å². The van der Waals surface area contributed by atoms with E-state index in [1.807, 2.05) is 0 Å². The first-order valence-electron chi connectivity index (χ1n) is 5.15. The SMILES string of the molecule is O=S(=O)(c1cccc(C(F)(F)F)c1)N1CCCO1. The monoisotopic (exact) mass is 281 g/mol. The van der Waals surface area contributed by atoms with Gasteiger partial charge in [0.2, 0.25) is 0 Å². The minimum Gasteiger partial charge on any atom is -0.284 e. The molecule has 1 saturated heterocycles. The predicted molar refractivity (Wildman–Crippen MR) is 55.9 cm³/mol. The van der Waals surface area contributed by atoms with E-state index in [1.54, 1.807) is 0 Å². The van der Waals surface area contributed by atoms with Crippen LogP contribution < -0.4 is 0 Å². The number of hydroxylamine groups is 1. The summed E-state index contributed by atoms with van der Waals surface area (Å²) in [4.78, 5) is 4.44. The Hall–Kier alpha value is -1.12. The van der Waals surface area contributed by atoms with Crippen molar-refractivity contribution in [2.45, 2.75) is 17.5 Å². The second kappa shape index (κ2) is 4.52. The third-order valence-corrected chi connectivity index (χ3v) is 4.12. The highest BCUT2D eigenvalue weighted by Crippen LogP contribution is 2.31. The van der Waals surface area contributed by atoms with Gasteiger partial charge in [0, 0.05) is 6.54 Å². The molecule has 18 heavy (non-hydrogen) atoms. The average molecular weight is 281 g/mol. The van der Waals surface area contributed by atoms with Gasteiger partial charge in [-0.15, -0.1) is 0 Å². The number of nitrogens with zero attached hydrogens (tertiary/aromatic N) is 1. The predicted octanol–water partition coefficient (Wildman–Crippen LogP) is 2.03. The molecule has 0 radical (unpaired) electrons. The van der Waals surface area contributed by atoms with Crippen LogP contribution in [0.1, 0.15) is 12.0 Å². The first kappa shape index (κ1) is 13.3. The number of hydrogen-bond acceptors (Lipinski definition) is 3. The summed E-state index contributed by atoms with van der Waals surface area (Å²) in [5, 5.41) is 0. The standard InChI is InChI=1S/C10H10F3NO3S/c11-10(12,13)8-3-1-4-9(7-8)18(15,16)14-5-2-6-17-14/h1,3-4,7H,2,5-6H2. The highest BCUT2D eigenvalue weighted by Gasteiger charge is 2.34. The van der Waals surface area contributed by atoms with Crippen LogP contribution in [-0.2, 0) is 21.0 Å². The van der Waals surface area contributed by atoms with Crippen LogP contribution in [0.15, 0.2) is 29.2 Å². The molecule has 8 heteroatoms. The molecule has 1 aromatic carbocycles. The molecular formula is C10H10F3NO3S. The summed E-state index contributed by atoms with van der Waals surface area (Å²) in [7, 11) is -4.01. The van der Waals surface area contributed by atoms with E-state index in [2.05, 4.69) is 0 Å². The van der Waals surface area contributed by atoms with Gasteiger partial charge in [-0.1, -0.05) is 10.5 Å². The van der Waals surface area contributed by atoms with Crippen LogP contribution in [0, 0.1) is 0 Å². The van der Waals surface area contributed by atoms with Gasteiger partial charge in [0.1, 0.15) is 0 Å². The smallest absolute Gasteiger partial charge is 0.284 e. The molecule has 2 rings (SSSR count). The van der Waals surface area contributed by atoms with Gasteiger partial charge in [-0.2, -0.15) is 13.2 Å². The number of hydrogen-bond donors (Lipinski definition) is 0. The summed E-state index contributed by atoms with van der Waals surface area (Å²) < 4.78 is 62.1. The van der Waals surface area contributed by atoms with E-state index < -0.39 is 26.7 Å². The third-order valence-electron chi connectivity index (χ3n) is 2.45. The van der Waals surface area contributed by atoms with Crippen LogP contribution in [0.2, 0.25) is 0 Å². The van der Waals surface area contributed by atoms with Crippen LogP contribution in [0.5, 0.6) is 0 Å². The summed E-state index contributed by atoms with van der Waals surface area (Å²) in [6.45, 7) is 0.400. The molecule has 0 amide bonds. The molecular weight excluding hydrogens is 271 g/mol. The van der Waals surface area contributed by atoms with Crippen molar-refractivity contribution in [3.63, 3.8) is 0 Å². The molecule has 100 valence electrons. The van der Waals surface area contributed by atoms with Crippen LogP contribution in [0.4, 0.5) is 13.2 Å². The normalized spacial score (nSPS) is 18.2. The average Bonchev–Trinajstić information content (AvgIpc) is 2.82. The van der Waals surface area contributed by atoms with Gasteiger partial charge >= 0.3 is 6.18 Å². The summed E-state index contributed by atoms with van der Waals surface area (Å²) in [5.74, 6) is 0. The molecule has 0 saturated carbocycles. The van der Waals surface area contributed by atoms with Crippen molar-refractivity contribution < 1.29 is 26.4 Å². The second-order valence-corrected chi connectivity index (χ2v) is 5.57. The molecule has 1 heterocycles. The van der Waals surface area contributed by atoms with E-state index in [0.29, 0.717) is 12.5 Å². The fourth-order valence-corrected chi connectivity index (χ4v) is 2.91. The van der Waals surface area contributed by atoms with Crippen LogP contribution >= 0.6 is 0 Å². The molecule has 0 unspecified atom stereocenters. The van der Waals surface area contributed by atoms with E-state index in [4.69, 9.17) is 4.84 Å². The van der Waals surface area contributed by atoms with Gasteiger partial charge < -0.3 is 0 Å². The number of rotatable bonds is 2. The van der Waals surface area contributed by atoms with Crippen molar-refractivity contribution in [2.75, 3.05) is 13.2 Å². The Kier molecular flexibility index (Phi) is 3.35. The van der Waals surface area contributed by atoms with Crippen LogP contribution in [-0.4, -0.2) is 26.0 Å². The molecule has 4 nitrogen and oxygen atoms in total. The van der Waals surface area contributed by atoms with Crippen LogP contribution in [0.25, 0.3) is 0 Å². The lowest BCUT2D eigenvalue weighted by Crippen LogP contribution is -2.27. The zero-order chi connectivity index (χ0) is 13.4. The highest BCUT2D eigenvalue weighted by molar-refractivity contribution is 7.89. The van der Waals surface area contributed by atoms with Gasteiger partial charge in [-0.05, 0) is 24.6 Å². The Balaban J connectivity index is 2.39. The van der Waals surface area contributed by atoms with E-state index in [0.717, 1.165) is 22.7 Å². The molecule has 0 N–H and O–H groups in total. The summed E-state index contributed by atoms with van der Waals surface area (Å²) >= 11 is 0. The van der Waals surface area contributed by atoms with Crippen molar-refractivity contribution in [2.24, 2.45) is 0 Å². The van der Waals surface area contributed by atoms with Crippen molar-refractivity contribution >= 4 is 10.0 Å². The molecule has 1 fully saturated rings. The molecule has 0 bridgehead atoms. The number of sulfonamides is 1. The van der Waals surface area contributed by atoms with E-state index >= 15 is 0 Å². The number of alkyl halides is 3. The number of halogens is 3. The highest BCUT2D eigenvalue weighted by atomic mass is 32.2. The molecule has 1 aliphatic heterocycles. The van der Waals surface area contributed by atoms with Gasteiger partial charge in [-0.25, -0.2) is 8.42 Å². The maximum atomic E-state index is 12.5. The van der Waals surface area contributed by atoms with Crippen molar-refractivity contribution in [3.05, 3.63) is 29.8 Å². The fraction of sp³-hybridized carbons (Fsp3) is 0.400. The molecule has 1 aliphatic rings. The lowest BCUT2D eigenvalue weighted by atomic mass is 10.2. The van der Waals surface area contributed by atoms with Crippen molar-refractivity contribution in [1.82, 2.24) is 4.47 Å². The van der Waals surface area contributed by atoms with Crippen LogP contribution in [0.3, 0.4) is 0 Å². The maximum Gasteiger partial charge on any atom is 0.416 e. The minimum atomic E-state index is -4.57. The molecule has 0 spiro atoms. The zero-order valence-corrected chi connectivity index (χ0v) is 9.96. The van der Waals surface area contributed by atoms with Crippen molar-refractivity contribution in [1.29, 1.82) is 0 Å². The summed E-state index contributed by atoms with van der Waals surface area (Å²) in [6.07, 6.45) is -4.05. The van der Waals surface area contributed by atoms with Gasteiger partial charge in [0.25, 0.3) is 10.0 Å². The Morgan fingerprint density at radius 1 is 1.28 bits per heavy atom. The lowest BCUT2D eigenvalue weighted by Gasteiger charge is -2.15. The quantitative estimate of drug-likeness (QED) is 0.833. The molecule has 0 aromatic heterocycles. The summed E-state index contributed by atoms with van der Waals surface area (Å²) in [6, 6.07) is 3.61. The second-order valence-electron chi connectivity index (χ2n) is 3.74. The molecule has 0 atom stereocenters. The first-order valence-corrected chi connectivity index (χ1v) is 6.59. The fourth-order valence-electron chi connectivity index (χ4n) is 1.56. The Bertz CT molecular complexity index is 536. The van der Waals surface area contributed by atoms with E-state index in [1.165, 1.54) is 0 Å². The van der Waals surface area contributed by atoms with E-state index in [9.17, 15) is 21.6 Å². The lowest BCUT2D eigenvalue weighted by molar-refractivity contribution is -0.137. The number of benzene rings is 1. The Labute approximate surface area is 102 Å². The third kappa shape index (κ3) is 2.50. The summed E-state index contributed by atoms with van der Waals surface area (Å²) in [5.41, 5.74) is -0.997. The largest absolute Gasteiger partial charge is 0.416 e. The maximum absolute atomic E-state index is 12.5. The minimum absolute atomic E-state index is 0.151. The zero-order valence-electron chi connectivity index (χ0n) is 9.14. The first-order chi connectivity index (χ1) is 8.32. The molecule has 0 aliphatic carbocycles. The Morgan fingerprint density at radius 3 is 2.56 bits per heavy atom. The molecule has 1 aromatic rings. The van der Waals surface area contributed by atoms with Crippen molar-refractivity contribution in [3.8, 4) is 0 Å². The van der Waals surface area contributed by atoms with Gasteiger partial charge in [0.05, 0.1) is 17.1 Å².